The lowest BCUT2D eigenvalue weighted by Crippen LogP contribution is -2.21. The van der Waals surface area contributed by atoms with E-state index < -0.39 is 12.5 Å². The summed E-state index contributed by atoms with van der Waals surface area (Å²) in [4.78, 5) is 0. The Balaban J connectivity index is 2.23. The summed E-state index contributed by atoms with van der Waals surface area (Å²) in [5.74, 6) is -2.77. The minimum atomic E-state index is -2.97. The van der Waals surface area contributed by atoms with E-state index >= 15 is 0 Å². The van der Waals surface area contributed by atoms with Crippen LogP contribution < -0.4 is 5.73 Å². The normalized spacial score (nSPS) is 11.7. The summed E-state index contributed by atoms with van der Waals surface area (Å²) in [7, 11) is 0. The minimum Gasteiger partial charge on any atom is -0.381 e. The van der Waals surface area contributed by atoms with Gasteiger partial charge in [0.15, 0.2) is 5.82 Å². The lowest BCUT2D eigenvalue weighted by molar-refractivity contribution is -0.0253. The zero-order valence-corrected chi connectivity index (χ0v) is 10.4. The molecule has 0 atom stereocenters. The van der Waals surface area contributed by atoms with E-state index in [4.69, 9.17) is 5.73 Å². The zero-order chi connectivity index (χ0) is 12.5. The number of anilines is 1. The Labute approximate surface area is 105 Å². The molecule has 3 nitrogen and oxygen atoms in total. The van der Waals surface area contributed by atoms with Crippen molar-refractivity contribution in [3.05, 3.63) is 46.6 Å². The summed E-state index contributed by atoms with van der Waals surface area (Å²) in [6.45, 7) is -0.535. The number of hydrogen-bond donors (Lipinski definition) is 1. The van der Waals surface area contributed by atoms with Gasteiger partial charge in [0.2, 0.25) is 0 Å². The van der Waals surface area contributed by atoms with Crippen molar-refractivity contribution in [1.29, 1.82) is 0 Å². The van der Waals surface area contributed by atoms with E-state index in [0.29, 0.717) is 4.47 Å². The number of alkyl halides is 2. The Hall–Kier alpha value is -1.43. The molecule has 0 aliphatic heterocycles. The van der Waals surface area contributed by atoms with Gasteiger partial charge in [-0.15, -0.1) is 0 Å². The molecule has 0 saturated carbocycles. The fraction of sp³-hybridized carbons (Fsp3) is 0.182. The van der Waals surface area contributed by atoms with Crippen molar-refractivity contribution in [2.75, 3.05) is 5.73 Å². The van der Waals surface area contributed by atoms with Crippen LogP contribution in [-0.4, -0.2) is 9.78 Å². The van der Waals surface area contributed by atoms with Crippen LogP contribution in [0.25, 0.3) is 0 Å². The molecule has 0 saturated heterocycles. The summed E-state index contributed by atoms with van der Waals surface area (Å²) in [5.41, 5.74) is 5.44. The third-order valence-electron chi connectivity index (χ3n) is 2.30. The molecule has 1 aromatic carbocycles. The van der Waals surface area contributed by atoms with Crippen LogP contribution in [0.15, 0.2) is 41.0 Å². The average molecular weight is 302 g/mol. The highest BCUT2D eigenvalue weighted by Gasteiger charge is 2.32. The van der Waals surface area contributed by atoms with E-state index in [2.05, 4.69) is 21.0 Å². The molecule has 2 N–H and O–H groups in total. The van der Waals surface area contributed by atoms with E-state index in [1.807, 2.05) is 0 Å². The number of rotatable bonds is 3. The smallest absolute Gasteiger partial charge is 0.292 e. The number of halogens is 3. The summed E-state index contributed by atoms with van der Waals surface area (Å²) in [6.07, 6.45) is 1.44. The van der Waals surface area contributed by atoms with Gasteiger partial charge in [0.25, 0.3) is 5.92 Å². The molecule has 0 amide bonds. The lowest BCUT2D eigenvalue weighted by Gasteiger charge is -2.16. The Kier molecular flexibility index (Phi) is 3.15. The van der Waals surface area contributed by atoms with Crippen molar-refractivity contribution in [3.8, 4) is 0 Å². The first-order valence-corrected chi connectivity index (χ1v) is 5.70. The maximum Gasteiger partial charge on any atom is 0.292 e. The fourth-order valence-corrected chi connectivity index (χ4v) is 1.79. The summed E-state index contributed by atoms with van der Waals surface area (Å²) in [5, 5.41) is 3.79. The molecule has 2 rings (SSSR count). The Morgan fingerprint density at radius 2 is 1.94 bits per heavy atom. The second-order valence-corrected chi connectivity index (χ2v) is 4.48. The molecule has 2 aromatic rings. The first kappa shape index (κ1) is 12.0. The third-order valence-corrected chi connectivity index (χ3v) is 2.91. The molecule has 90 valence electrons. The van der Waals surface area contributed by atoms with Gasteiger partial charge in [-0.2, -0.15) is 13.9 Å². The maximum absolute atomic E-state index is 13.9. The van der Waals surface area contributed by atoms with Crippen molar-refractivity contribution in [1.82, 2.24) is 9.78 Å². The van der Waals surface area contributed by atoms with Gasteiger partial charge in [-0.1, -0.05) is 30.3 Å². The molecule has 6 heteroatoms. The predicted molar refractivity (Wildman–Crippen MR) is 64.7 cm³/mol. The van der Waals surface area contributed by atoms with E-state index in [-0.39, 0.29) is 11.4 Å². The number of nitrogen functional groups attached to an aromatic ring is 1. The van der Waals surface area contributed by atoms with Gasteiger partial charge in [0.05, 0.1) is 4.47 Å². The fourth-order valence-electron chi connectivity index (χ4n) is 1.47. The predicted octanol–water partition coefficient (Wildman–Crippen LogP) is 3.02. The molecule has 17 heavy (non-hydrogen) atoms. The first-order valence-electron chi connectivity index (χ1n) is 4.91. The van der Waals surface area contributed by atoms with Gasteiger partial charge in [-0.3, -0.25) is 4.68 Å². The van der Waals surface area contributed by atoms with Crippen molar-refractivity contribution >= 4 is 21.7 Å². The summed E-state index contributed by atoms with van der Waals surface area (Å²) >= 11 is 3.13. The van der Waals surface area contributed by atoms with Gasteiger partial charge in [0.1, 0.15) is 6.54 Å². The molecular formula is C11H10BrF2N3. The van der Waals surface area contributed by atoms with Crippen molar-refractivity contribution < 1.29 is 8.78 Å². The molecule has 0 radical (unpaired) electrons. The molecule has 1 heterocycles. The molecular weight excluding hydrogens is 292 g/mol. The van der Waals surface area contributed by atoms with Crippen LogP contribution in [0, 0.1) is 0 Å². The summed E-state index contributed by atoms with van der Waals surface area (Å²) in [6, 6.07) is 7.64. The van der Waals surface area contributed by atoms with Gasteiger partial charge in [-0.05, 0) is 15.9 Å². The highest BCUT2D eigenvalue weighted by molar-refractivity contribution is 9.10. The number of benzene rings is 1. The standard InChI is InChI=1S/C11H10BrF2N3/c12-9-6-17(16-10(9)15)7-11(13,14)8-4-2-1-3-5-8/h1-6H,7H2,(H2,15,16). The molecule has 0 aliphatic rings. The molecule has 0 aliphatic carbocycles. The molecule has 0 unspecified atom stereocenters. The van der Waals surface area contributed by atoms with E-state index in [0.717, 1.165) is 4.68 Å². The second kappa shape index (κ2) is 4.44. The van der Waals surface area contributed by atoms with Crippen LogP contribution in [-0.2, 0) is 12.5 Å². The molecule has 0 spiro atoms. The Morgan fingerprint density at radius 3 is 2.47 bits per heavy atom. The van der Waals surface area contributed by atoms with Crippen molar-refractivity contribution in [2.24, 2.45) is 0 Å². The Bertz CT molecular complexity index is 491. The minimum absolute atomic E-state index is 0.0369. The Morgan fingerprint density at radius 1 is 1.29 bits per heavy atom. The highest BCUT2D eigenvalue weighted by Crippen LogP contribution is 2.30. The van der Waals surface area contributed by atoms with Crippen LogP contribution in [0.5, 0.6) is 0 Å². The SMILES string of the molecule is Nc1nn(CC(F)(F)c2ccccc2)cc1Br. The topological polar surface area (TPSA) is 43.8 Å². The monoisotopic (exact) mass is 301 g/mol. The summed E-state index contributed by atoms with van der Waals surface area (Å²) < 4.78 is 29.4. The van der Waals surface area contributed by atoms with E-state index in [1.165, 1.54) is 18.3 Å². The number of nitrogens with two attached hydrogens (primary N) is 1. The maximum atomic E-state index is 13.9. The van der Waals surface area contributed by atoms with Crippen molar-refractivity contribution in [2.45, 2.75) is 12.5 Å². The van der Waals surface area contributed by atoms with Crippen LogP contribution in [0.4, 0.5) is 14.6 Å². The van der Waals surface area contributed by atoms with Gasteiger partial charge >= 0.3 is 0 Å². The number of hydrogen-bond acceptors (Lipinski definition) is 2. The number of nitrogens with zero attached hydrogens (tertiary/aromatic N) is 2. The lowest BCUT2D eigenvalue weighted by atomic mass is 10.1. The van der Waals surface area contributed by atoms with E-state index in [1.54, 1.807) is 18.2 Å². The number of aromatic nitrogens is 2. The van der Waals surface area contributed by atoms with Gasteiger partial charge < -0.3 is 5.73 Å². The van der Waals surface area contributed by atoms with Crippen molar-refractivity contribution in [3.63, 3.8) is 0 Å². The van der Waals surface area contributed by atoms with Gasteiger partial charge in [-0.25, -0.2) is 0 Å². The molecule has 0 fully saturated rings. The quantitative estimate of drug-likeness (QED) is 0.947. The highest BCUT2D eigenvalue weighted by atomic mass is 79.9. The van der Waals surface area contributed by atoms with Crippen LogP contribution in [0.1, 0.15) is 5.56 Å². The van der Waals surface area contributed by atoms with Crippen LogP contribution >= 0.6 is 15.9 Å². The first-order chi connectivity index (χ1) is 7.99. The average Bonchev–Trinajstić information content (AvgIpc) is 2.58. The third kappa shape index (κ3) is 2.63. The van der Waals surface area contributed by atoms with Gasteiger partial charge in [0, 0.05) is 11.8 Å². The second-order valence-electron chi connectivity index (χ2n) is 3.63. The van der Waals surface area contributed by atoms with E-state index in [9.17, 15) is 8.78 Å². The molecule has 0 bridgehead atoms. The largest absolute Gasteiger partial charge is 0.381 e. The zero-order valence-electron chi connectivity index (χ0n) is 8.78. The van der Waals surface area contributed by atoms with Crippen LogP contribution in [0.2, 0.25) is 0 Å². The van der Waals surface area contributed by atoms with Crippen LogP contribution in [0.3, 0.4) is 0 Å². The molecule has 1 aromatic heterocycles.